The van der Waals surface area contributed by atoms with Crippen LogP contribution in [0.2, 0.25) is 0 Å². The molecule has 2 heteroatoms. The van der Waals surface area contributed by atoms with Crippen molar-refractivity contribution in [1.29, 1.82) is 0 Å². The van der Waals surface area contributed by atoms with Gasteiger partial charge in [0.2, 0.25) is 0 Å². The quantitative estimate of drug-likeness (QED) is 0.593. The third-order valence-corrected chi connectivity index (χ3v) is 1.64. The van der Waals surface area contributed by atoms with Gasteiger partial charge in [0.1, 0.15) is 0 Å². The van der Waals surface area contributed by atoms with Crippen molar-refractivity contribution in [2.75, 3.05) is 6.61 Å². The highest BCUT2D eigenvalue weighted by molar-refractivity contribution is 4.57. The lowest BCUT2D eigenvalue weighted by Gasteiger charge is -2.12. The Kier molecular flexibility index (Phi) is 4.72. The maximum atomic E-state index is 8.97. The van der Waals surface area contributed by atoms with Crippen LogP contribution >= 0.6 is 0 Å². The predicted octanol–water partition coefficient (Wildman–Crippen LogP) is 0.776. The van der Waals surface area contributed by atoms with Gasteiger partial charge in [-0.05, 0) is 25.7 Å². The molecule has 2 nitrogen and oxygen atoms in total. The molecule has 0 unspecified atom stereocenters. The number of rotatable bonds is 4. The van der Waals surface area contributed by atoms with Gasteiger partial charge in [-0.2, -0.15) is 0 Å². The maximum absolute atomic E-state index is 8.97. The summed E-state index contributed by atoms with van der Waals surface area (Å²) in [5.74, 6) is 0.317. The second kappa shape index (κ2) is 4.77. The molecule has 0 aliphatic carbocycles. The highest BCUT2D eigenvalue weighted by Crippen LogP contribution is 2.08. The third-order valence-electron chi connectivity index (χ3n) is 1.64. The maximum Gasteiger partial charge on any atom is 0.0537 e. The van der Waals surface area contributed by atoms with E-state index in [1.165, 1.54) is 0 Å². The summed E-state index contributed by atoms with van der Waals surface area (Å²) >= 11 is 0. The van der Waals surface area contributed by atoms with E-state index in [0.717, 1.165) is 12.8 Å². The van der Waals surface area contributed by atoms with Gasteiger partial charge in [-0.3, -0.25) is 0 Å². The fourth-order valence-corrected chi connectivity index (χ4v) is 0.654. The molecule has 0 saturated carbocycles. The standard InChI is InChI=1S/C7H16O2/c1-6(7(2)9)4-3-5-8/h6-9H,3-5H2,1-2H3/t6-,7-/m1/s1. The number of hydrogen-bond acceptors (Lipinski definition) is 2. The van der Waals surface area contributed by atoms with E-state index in [2.05, 4.69) is 0 Å². The molecule has 0 radical (unpaired) electrons. The Balaban J connectivity index is 3.16. The lowest BCUT2D eigenvalue weighted by Crippen LogP contribution is -2.12. The van der Waals surface area contributed by atoms with Crippen LogP contribution in [0.25, 0.3) is 0 Å². The normalized spacial score (nSPS) is 17.3. The zero-order chi connectivity index (χ0) is 7.28. The molecule has 0 spiro atoms. The van der Waals surface area contributed by atoms with Crippen LogP contribution < -0.4 is 0 Å². The molecule has 0 fully saturated rings. The lowest BCUT2D eigenvalue weighted by molar-refractivity contribution is 0.124. The minimum Gasteiger partial charge on any atom is -0.396 e. The summed E-state index contributed by atoms with van der Waals surface area (Å²) in [6, 6.07) is 0. The molecule has 0 aromatic heterocycles. The van der Waals surface area contributed by atoms with Crippen molar-refractivity contribution in [3.63, 3.8) is 0 Å². The average Bonchev–Trinajstić information content (AvgIpc) is 1.82. The monoisotopic (exact) mass is 132 g/mol. The first-order valence-corrected chi connectivity index (χ1v) is 3.47. The van der Waals surface area contributed by atoms with Crippen LogP contribution in [0.5, 0.6) is 0 Å². The molecule has 0 bridgehead atoms. The predicted molar refractivity (Wildman–Crippen MR) is 37.2 cm³/mol. The molecule has 0 aromatic rings. The molecule has 2 atom stereocenters. The molecule has 0 heterocycles. The van der Waals surface area contributed by atoms with Crippen LogP contribution in [0.1, 0.15) is 26.7 Å². The molecule has 0 rings (SSSR count). The van der Waals surface area contributed by atoms with Crippen molar-refractivity contribution < 1.29 is 10.2 Å². The van der Waals surface area contributed by atoms with Gasteiger partial charge in [0.15, 0.2) is 0 Å². The Bertz CT molecular complexity index is 61.9. The first-order valence-electron chi connectivity index (χ1n) is 3.47. The van der Waals surface area contributed by atoms with Crippen molar-refractivity contribution in [1.82, 2.24) is 0 Å². The van der Waals surface area contributed by atoms with E-state index in [9.17, 15) is 0 Å². The lowest BCUT2D eigenvalue weighted by atomic mass is 10.0. The van der Waals surface area contributed by atoms with E-state index >= 15 is 0 Å². The second-order valence-corrected chi connectivity index (χ2v) is 2.58. The van der Waals surface area contributed by atoms with Crippen molar-refractivity contribution in [3.8, 4) is 0 Å². The van der Waals surface area contributed by atoms with Crippen LogP contribution in [0.4, 0.5) is 0 Å². The Morgan fingerprint density at radius 1 is 1.33 bits per heavy atom. The first-order chi connectivity index (χ1) is 4.18. The van der Waals surface area contributed by atoms with Crippen molar-refractivity contribution in [2.45, 2.75) is 32.8 Å². The summed E-state index contributed by atoms with van der Waals surface area (Å²) in [6.07, 6.45) is 1.47. The van der Waals surface area contributed by atoms with E-state index in [0.29, 0.717) is 5.92 Å². The van der Waals surface area contributed by atoms with E-state index in [4.69, 9.17) is 10.2 Å². The summed E-state index contributed by atoms with van der Waals surface area (Å²) in [4.78, 5) is 0. The number of aliphatic hydroxyl groups is 2. The van der Waals surface area contributed by atoms with Gasteiger partial charge in [0.25, 0.3) is 0 Å². The van der Waals surface area contributed by atoms with E-state index < -0.39 is 0 Å². The molecular weight excluding hydrogens is 116 g/mol. The zero-order valence-corrected chi connectivity index (χ0v) is 6.17. The fraction of sp³-hybridized carbons (Fsp3) is 1.00. The van der Waals surface area contributed by atoms with Gasteiger partial charge in [0, 0.05) is 6.61 Å². The van der Waals surface area contributed by atoms with Crippen LogP contribution in [0.3, 0.4) is 0 Å². The topological polar surface area (TPSA) is 40.5 Å². The van der Waals surface area contributed by atoms with E-state index in [1.807, 2.05) is 6.92 Å². The minimum atomic E-state index is -0.239. The Morgan fingerprint density at radius 3 is 2.22 bits per heavy atom. The SMILES string of the molecule is C[C@H](CCCO)[C@@H](C)O. The minimum absolute atomic E-state index is 0.233. The Morgan fingerprint density at radius 2 is 1.89 bits per heavy atom. The van der Waals surface area contributed by atoms with Crippen molar-refractivity contribution >= 4 is 0 Å². The van der Waals surface area contributed by atoms with Crippen LogP contribution in [0.15, 0.2) is 0 Å². The molecule has 56 valence electrons. The number of hydrogen-bond donors (Lipinski definition) is 2. The zero-order valence-electron chi connectivity index (χ0n) is 6.17. The van der Waals surface area contributed by atoms with Gasteiger partial charge in [-0.15, -0.1) is 0 Å². The molecule has 2 N–H and O–H groups in total. The van der Waals surface area contributed by atoms with Crippen LogP contribution in [-0.2, 0) is 0 Å². The molecule has 0 aromatic carbocycles. The summed E-state index contributed by atoms with van der Waals surface area (Å²) in [5, 5.41) is 17.4. The fourth-order valence-electron chi connectivity index (χ4n) is 0.654. The first kappa shape index (κ1) is 8.92. The Hall–Kier alpha value is -0.0800. The molecule has 0 aliphatic rings. The summed E-state index contributed by atoms with van der Waals surface area (Å²) < 4.78 is 0. The molecular formula is C7H16O2. The van der Waals surface area contributed by atoms with Gasteiger partial charge < -0.3 is 10.2 Å². The highest BCUT2D eigenvalue weighted by Gasteiger charge is 2.06. The van der Waals surface area contributed by atoms with Gasteiger partial charge in [0.05, 0.1) is 6.10 Å². The third kappa shape index (κ3) is 4.43. The van der Waals surface area contributed by atoms with Crippen LogP contribution in [-0.4, -0.2) is 22.9 Å². The van der Waals surface area contributed by atoms with Crippen LogP contribution in [0, 0.1) is 5.92 Å². The smallest absolute Gasteiger partial charge is 0.0537 e. The number of aliphatic hydroxyl groups excluding tert-OH is 2. The summed E-state index contributed by atoms with van der Waals surface area (Å²) in [6.45, 7) is 4.00. The van der Waals surface area contributed by atoms with Crippen molar-refractivity contribution in [2.24, 2.45) is 5.92 Å². The Labute approximate surface area is 56.5 Å². The molecule has 0 saturated heterocycles. The summed E-state index contributed by atoms with van der Waals surface area (Å²) in [7, 11) is 0. The van der Waals surface area contributed by atoms with Gasteiger partial charge in [-0.1, -0.05) is 6.92 Å². The second-order valence-electron chi connectivity index (χ2n) is 2.58. The van der Waals surface area contributed by atoms with Gasteiger partial charge in [-0.25, -0.2) is 0 Å². The van der Waals surface area contributed by atoms with E-state index in [1.54, 1.807) is 6.92 Å². The average molecular weight is 132 g/mol. The molecule has 9 heavy (non-hydrogen) atoms. The molecule has 0 aliphatic heterocycles. The largest absolute Gasteiger partial charge is 0.396 e. The molecule has 0 amide bonds. The highest BCUT2D eigenvalue weighted by atomic mass is 16.3. The van der Waals surface area contributed by atoms with E-state index in [-0.39, 0.29) is 12.7 Å². The van der Waals surface area contributed by atoms with Gasteiger partial charge >= 0.3 is 0 Å². The summed E-state index contributed by atoms with van der Waals surface area (Å²) in [5.41, 5.74) is 0. The van der Waals surface area contributed by atoms with Crippen molar-refractivity contribution in [3.05, 3.63) is 0 Å².